The molecule has 1 atom stereocenters. The van der Waals surface area contributed by atoms with Crippen LogP contribution in [0.5, 0.6) is 5.75 Å². The highest BCUT2D eigenvalue weighted by molar-refractivity contribution is 9.10. The minimum Gasteiger partial charge on any atom is -0.481 e. The Bertz CT molecular complexity index is 1180. The van der Waals surface area contributed by atoms with Crippen LogP contribution in [0.2, 0.25) is 0 Å². The molecule has 7 nitrogen and oxygen atoms in total. The maximum atomic E-state index is 14.6. The van der Waals surface area contributed by atoms with Gasteiger partial charge in [-0.1, -0.05) is 18.2 Å². The molecule has 1 aromatic heterocycles. The van der Waals surface area contributed by atoms with Gasteiger partial charge in [0, 0.05) is 18.4 Å². The quantitative estimate of drug-likeness (QED) is 0.379. The van der Waals surface area contributed by atoms with E-state index in [1.54, 1.807) is 0 Å². The van der Waals surface area contributed by atoms with Crippen molar-refractivity contribution >= 4 is 27.8 Å². The number of carbonyl (C=O) groups excluding carboxylic acids is 1. The number of ether oxygens (including phenoxy) is 1. The number of halogens is 5. The number of carboxylic acids is 1. The van der Waals surface area contributed by atoms with Crippen LogP contribution in [0.1, 0.15) is 40.8 Å². The summed E-state index contributed by atoms with van der Waals surface area (Å²) in [5.74, 6) is -3.76. The molecular formula is C21H15BrF4N2O5. The molecule has 0 saturated carbocycles. The first-order chi connectivity index (χ1) is 15.5. The number of benzene rings is 2. The third-order valence-corrected chi connectivity index (χ3v) is 5.02. The Hall–Kier alpha value is -3.41. The van der Waals surface area contributed by atoms with E-state index in [1.807, 2.05) is 0 Å². The molecule has 1 unspecified atom stereocenters. The molecule has 1 amide bonds. The molecule has 0 fully saturated rings. The Kier molecular flexibility index (Phi) is 7.06. The van der Waals surface area contributed by atoms with Crippen LogP contribution < -0.4 is 10.5 Å². The molecule has 0 spiro atoms. The second-order valence-corrected chi connectivity index (χ2v) is 7.49. The average Bonchev–Trinajstić information content (AvgIpc) is 3.12. The minimum atomic E-state index is -4.51. The molecule has 0 aliphatic rings. The van der Waals surface area contributed by atoms with Crippen LogP contribution in [0.15, 0.2) is 51.6 Å². The summed E-state index contributed by atoms with van der Waals surface area (Å²) in [6.45, 7) is 0. The molecule has 0 aliphatic heterocycles. The van der Waals surface area contributed by atoms with E-state index in [0.29, 0.717) is 0 Å². The Morgan fingerprint density at radius 3 is 2.42 bits per heavy atom. The van der Waals surface area contributed by atoms with E-state index >= 15 is 0 Å². The van der Waals surface area contributed by atoms with Crippen LogP contribution in [0, 0.1) is 5.82 Å². The summed E-state index contributed by atoms with van der Waals surface area (Å²) in [6.07, 6.45) is -6.28. The lowest BCUT2D eigenvalue weighted by Crippen LogP contribution is -2.15. The van der Waals surface area contributed by atoms with Gasteiger partial charge in [-0.15, -0.1) is 0 Å². The standard InChI is InChI=1S/C21H15BrF4N2O5/c22-18-17(10-4-6-11(7-5-10)21(24,25)26)28-20(33-18)14(8-9-15(29)30)32-13-3-1-2-12(16(13)23)19(27)31/h1-7,14H,8-9H2,(H2,27,31)(H,29,30). The molecule has 12 heteroatoms. The lowest BCUT2D eigenvalue weighted by molar-refractivity contribution is -0.138. The summed E-state index contributed by atoms with van der Waals surface area (Å²) < 4.78 is 64.1. The van der Waals surface area contributed by atoms with Crippen molar-refractivity contribution in [1.29, 1.82) is 0 Å². The van der Waals surface area contributed by atoms with Gasteiger partial charge >= 0.3 is 12.1 Å². The highest BCUT2D eigenvalue weighted by atomic mass is 79.9. The molecule has 0 saturated heterocycles. The lowest BCUT2D eigenvalue weighted by Gasteiger charge is -2.16. The lowest BCUT2D eigenvalue weighted by atomic mass is 10.1. The molecule has 1 heterocycles. The van der Waals surface area contributed by atoms with Crippen molar-refractivity contribution in [2.75, 3.05) is 0 Å². The first-order valence-electron chi connectivity index (χ1n) is 9.28. The number of carbonyl (C=O) groups is 2. The monoisotopic (exact) mass is 530 g/mol. The van der Waals surface area contributed by atoms with E-state index < -0.39 is 47.5 Å². The molecule has 2 aromatic carbocycles. The number of hydrogen-bond acceptors (Lipinski definition) is 5. The van der Waals surface area contributed by atoms with Gasteiger partial charge in [-0.2, -0.15) is 13.2 Å². The van der Waals surface area contributed by atoms with Crippen LogP contribution >= 0.6 is 15.9 Å². The largest absolute Gasteiger partial charge is 0.481 e. The van der Waals surface area contributed by atoms with Crippen LogP contribution in [0.3, 0.4) is 0 Å². The maximum Gasteiger partial charge on any atom is 0.416 e. The molecule has 3 rings (SSSR count). The summed E-state index contributed by atoms with van der Waals surface area (Å²) >= 11 is 3.13. The zero-order valence-corrected chi connectivity index (χ0v) is 18.1. The third-order valence-electron chi connectivity index (χ3n) is 4.48. The van der Waals surface area contributed by atoms with E-state index in [0.717, 1.165) is 18.2 Å². The van der Waals surface area contributed by atoms with Crippen molar-refractivity contribution in [1.82, 2.24) is 4.98 Å². The number of oxazole rings is 1. The highest BCUT2D eigenvalue weighted by Gasteiger charge is 2.31. The van der Waals surface area contributed by atoms with Crippen molar-refractivity contribution in [2.45, 2.75) is 25.1 Å². The van der Waals surface area contributed by atoms with Gasteiger partial charge in [-0.25, -0.2) is 9.37 Å². The molecule has 33 heavy (non-hydrogen) atoms. The smallest absolute Gasteiger partial charge is 0.416 e. The third kappa shape index (κ3) is 5.69. The van der Waals surface area contributed by atoms with Crippen molar-refractivity contribution in [3.63, 3.8) is 0 Å². The number of nitrogens with two attached hydrogens (primary N) is 1. The van der Waals surface area contributed by atoms with Crippen LogP contribution in [0.4, 0.5) is 17.6 Å². The number of aliphatic carboxylic acids is 1. The fourth-order valence-electron chi connectivity index (χ4n) is 2.88. The Balaban J connectivity index is 1.95. The maximum absolute atomic E-state index is 14.6. The van der Waals surface area contributed by atoms with Gasteiger partial charge in [0.1, 0.15) is 5.69 Å². The van der Waals surface area contributed by atoms with E-state index in [4.69, 9.17) is 20.0 Å². The van der Waals surface area contributed by atoms with E-state index in [2.05, 4.69) is 20.9 Å². The summed E-state index contributed by atoms with van der Waals surface area (Å²) in [7, 11) is 0. The molecular weight excluding hydrogens is 516 g/mol. The van der Waals surface area contributed by atoms with Crippen LogP contribution in [0.25, 0.3) is 11.3 Å². The van der Waals surface area contributed by atoms with Gasteiger partial charge in [0.05, 0.1) is 11.1 Å². The minimum absolute atomic E-state index is 0.0487. The van der Waals surface area contributed by atoms with Gasteiger partial charge < -0.3 is 20.0 Å². The van der Waals surface area contributed by atoms with E-state index in [-0.39, 0.29) is 34.0 Å². The summed E-state index contributed by atoms with van der Waals surface area (Å²) in [5, 5.41) is 9.03. The van der Waals surface area contributed by atoms with E-state index in [1.165, 1.54) is 24.3 Å². The van der Waals surface area contributed by atoms with Crippen LogP contribution in [-0.2, 0) is 11.0 Å². The van der Waals surface area contributed by atoms with Crippen molar-refractivity contribution in [3.8, 4) is 17.0 Å². The van der Waals surface area contributed by atoms with Gasteiger partial charge in [0.2, 0.25) is 5.89 Å². The average molecular weight is 531 g/mol. The summed E-state index contributed by atoms with van der Waals surface area (Å²) in [4.78, 5) is 26.6. The molecule has 3 aromatic rings. The first kappa shape index (κ1) is 24.2. The van der Waals surface area contributed by atoms with Crippen molar-refractivity contribution < 1.29 is 41.4 Å². The SMILES string of the molecule is NC(=O)c1cccc(OC(CCC(=O)O)c2nc(-c3ccc(C(F)(F)F)cc3)c(Br)o2)c1F. The predicted octanol–water partition coefficient (Wildman–Crippen LogP) is 5.35. The number of primary amides is 1. The van der Waals surface area contributed by atoms with Crippen LogP contribution in [-0.4, -0.2) is 22.0 Å². The van der Waals surface area contributed by atoms with Gasteiger partial charge in [0.15, 0.2) is 22.3 Å². The fourth-order valence-corrected chi connectivity index (χ4v) is 3.37. The second-order valence-electron chi connectivity index (χ2n) is 6.77. The van der Waals surface area contributed by atoms with Gasteiger partial charge in [-0.05, 0) is 40.2 Å². The molecule has 174 valence electrons. The Labute approximate surface area is 192 Å². The Morgan fingerprint density at radius 2 is 1.85 bits per heavy atom. The molecule has 0 radical (unpaired) electrons. The van der Waals surface area contributed by atoms with Crippen molar-refractivity contribution in [3.05, 3.63) is 70.0 Å². The number of alkyl halides is 3. The normalized spacial score (nSPS) is 12.4. The second kappa shape index (κ2) is 9.61. The summed E-state index contributed by atoms with van der Waals surface area (Å²) in [5.41, 5.74) is 4.27. The first-order valence-corrected chi connectivity index (χ1v) is 10.1. The van der Waals surface area contributed by atoms with E-state index in [9.17, 15) is 27.2 Å². The Morgan fingerprint density at radius 1 is 1.18 bits per heavy atom. The highest BCUT2D eigenvalue weighted by Crippen LogP contribution is 2.36. The fraction of sp³-hybridized carbons (Fsp3) is 0.190. The topological polar surface area (TPSA) is 116 Å². The zero-order valence-electron chi connectivity index (χ0n) is 16.5. The number of aromatic nitrogens is 1. The molecule has 0 aliphatic carbocycles. The zero-order chi connectivity index (χ0) is 24.3. The summed E-state index contributed by atoms with van der Waals surface area (Å²) in [6, 6.07) is 7.83. The number of nitrogens with zero attached hydrogens (tertiary/aromatic N) is 1. The molecule has 0 bridgehead atoms. The number of hydrogen-bond donors (Lipinski definition) is 2. The number of carboxylic acid groups (broad SMARTS) is 1. The molecule has 3 N–H and O–H groups in total. The van der Waals surface area contributed by atoms with Gasteiger partial charge in [-0.3, -0.25) is 9.59 Å². The van der Waals surface area contributed by atoms with Gasteiger partial charge in [0.25, 0.3) is 5.91 Å². The number of rotatable bonds is 8. The number of amides is 1. The predicted molar refractivity (Wildman–Crippen MR) is 110 cm³/mol. The van der Waals surface area contributed by atoms with Crippen molar-refractivity contribution in [2.24, 2.45) is 5.73 Å².